The smallest absolute Gasteiger partial charge is 0.306 e. The Morgan fingerprint density at radius 3 is 2.46 bits per heavy atom. The van der Waals surface area contributed by atoms with Gasteiger partial charge in [-0.05, 0) is 24.0 Å². The minimum absolute atomic E-state index is 0.102. The van der Waals surface area contributed by atoms with Crippen LogP contribution in [0.25, 0.3) is 0 Å². The van der Waals surface area contributed by atoms with Gasteiger partial charge in [-0.25, -0.2) is 0 Å². The van der Waals surface area contributed by atoms with Gasteiger partial charge in [0.2, 0.25) is 5.82 Å². The van der Waals surface area contributed by atoms with Gasteiger partial charge in [-0.2, -0.15) is 4.39 Å². The van der Waals surface area contributed by atoms with Gasteiger partial charge >= 0.3 is 17.6 Å². The van der Waals surface area contributed by atoms with E-state index in [0.29, 0.717) is 0 Å². The highest BCUT2D eigenvalue weighted by molar-refractivity contribution is 5.77. The summed E-state index contributed by atoms with van der Waals surface area (Å²) in [6.07, 6.45) is 1.22. The molecule has 1 aromatic rings. The molecule has 0 bridgehead atoms. The molecule has 0 radical (unpaired) electrons. The van der Waals surface area contributed by atoms with Gasteiger partial charge in [0.05, 0.1) is 17.8 Å². The molecule has 0 aromatic heterocycles. The molecular weight excluding hydrogens is 345 g/mol. The largest absolute Gasteiger partial charge is 0.462 e. The summed E-state index contributed by atoms with van der Waals surface area (Å²) >= 11 is 0. The molecule has 1 rings (SSSR count). The molecule has 7 nitrogen and oxygen atoms in total. The maximum absolute atomic E-state index is 13.2. The minimum atomic E-state index is -0.959. The van der Waals surface area contributed by atoms with E-state index in [1.54, 1.807) is 0 Å². The average Bonchev–Trinajstić information content (AvgIpc) is 2.58. The van der Waals surface area contributed by atoms with Crippen LogP contribution in [0.1, 0.15) is 52.0 Å². The van der Waals surface area contributed by atoms with Gasteiger partial charge in [0.15, 0.2) is 0 Å². The Bertz CT molecular complexity index is 647. The molecule has 0 N–H and O–H groups in total. The third-order valence-corrected chi connectivity index (χ3v) is 3.74. The van der Waals surface area contributed by atoms with Crippen molar-refractivity contribution < 1.29 is 28.4 Å². The van der Waals surface area contributed by atoms with Crippen LogP contribution in [-0.2, 0) is 25.7 Å². The molecule has 1 aromatic carbocycles. The molecule has 26 heavy (non-hydrogen) atoms. The van der Waals surface area contributed by atoms with Gasteiger partial charge in [-0.1, -0.05) is 33.3 Å². The highest BCUT2D eigenvalue weighted by atomic mass is 19.1. The van der Waals surface area contributed by atoms with Crippen LogP contribution >= 0.6 is 0 Å². The topological polar surface area (TPSA) is 95.7 Å². The summed E-state index contributed by atoms with van der Waals surface area (Å²) < 4.78 is 23.6. The van der Waals surface area contributed by atoms with Gasteiger partial charge in [0.1, 0.15) is 12.7 Å². The molecule has 0 amide bonds. The normalized spacial score (nSPS) is 11.9. The van der Waals surface area contributed by atoms with E-state index >= 15 is 0 Å². The van der Waals surface area contributed by atoms with Gasteiger partial charge in [-0.15, -0.1) is 0 Å². The molecule has 0 saturated carbocycles. The predicted molar refractivity (Wildman–Crippen MR) is 91.7 cm³/mol. The first-order chi connectivity index (χ1) is 12.2. The Morgan fingerprint density at radius 2 is 1.88 bits per heavy atom. The number of rotatable bonds is 10. The van der Waals surface area contributed by atoms with E-state index in [-0.39, 0.29) is 37.0 Å². The molecule has 0 heterocycles. The third kappa shape index (κ3) is 7.16. The Kier molecular flexibility index (Phi) is 8.67. The molecule has 0 saturated heterocycles. The molecular formula is C18H24FNO6. The summed E-state index contributed by atoms with van der Waals surface area (Å²) in [5, 5.41) is 10.7. The average molecular weight is 369 g/mol. The van der Waals surface area contributed by atoms with Gasteiger partial charge in [0.25, 0.3) is 0 Å². The fraction of sp³-hybridized carbons (Fsp3) is 0.556. The number of nitro groups is 1. The zero-order valence-corrected chi connectivity index (χ0v) is 15.2. The number of hydrogen-bond donors (Lipinski definition) is 0. The number of hydrogen-bond acceptors (Lipinski definition) is 6. The van der Waals surface area contributed by atoms with Crippen LogP contribution < -0.4 is 0 Å². The Labute approximate surface area is 151 Å². The van der Waals surface area contributed by atoms with E-state index in [1.807, 2.05) is 20.8 Å². The Morgan fingerprint density at radius 1 is 1.23 bits per heavy atom. The van der Waals surface area contributed by atoms with E-state index in [0.717, 1.165) is 25.0 Å². The summed E-state index contributed by atoms with van der Waals surface area (Å²) in [5.41, 5.74) is -0.394. The van der Waals surface area contributed by atoms with Crippen molar-refractivity contribution in [2.45, 2.75) is 59.2 Å². The second kappa shape index (κ2) is 10.5. The number of halogens is 1. The lowest BCUT2D eigenvalue weighted by molar-refractivity contribution is -0.387. The number of nitrogens with zero attached hydrogens (tertiary/aromatic N) is 1. The number of carbonyl (C=O) groups excluding carboxylic acids is 2. The summed E-state index contributed by atoms with van der Waals surface area (Å²) in [5.74, 6) is -1.86. The van der Waals surface area contributed by atoms with Crippen LogP contribution in [0.15, 0.2) is 18.2 Å². The van der Waals surface area contributed by atoms with Crippen molar-refractivity contribution in [3.63, 3.8) is 0 Å². The quantitative estimate of drug-likeness (QED) is 0.352. The van der Waals surface area contributed by atoms with Gasteiger partial charge in [0, 0.05) is 6.07 Å². The van der Waals surface area contributed by atoms with E-state index in [1.165, 1.54) is 6.07 Å². The molecule has 0 aliphatic rings. The second-order valence-electron chi connectivity index (χ2n) is 6.26. The second-order valence-corrected chi connectivity index (χ2v) is 6.26. The lowest BCUT2D eigenvalue weighted by Gasteiger charge is -2.20. The summed E-state index contributed by atoms with van der Waals surface area (Å²) in [4.78, 5) is 33.4. The molecule has 8 heteroatoms. The number of benzene rings is 1. The highest BCUT2D eigenvalue weighted by Gasteiger charge is 2.19. The van der Waals surface area contributed by atoms with Crippen molar-refractivity contribution in [1.82, 2.24) is 0 Å². The molecule has 0 spiro atoms. The van der Waals surface area contributed by atoms with E-state index < -0.39 is 28.4 Å². The van der Waals surface area contributed by atoms with Crippen LogP contribution in [0.2, 0.25) is 0 Å². The molecule has 1 unspecified atom stereocenters. The highest BCUT2D eigenvalue weighted by Crippen LogP contribution is 2.19. The SMILES string of the molecule is CCCC(OC(=O)CCC(=O)OCc1ccc(F)c([N+](=O)[O-])c1)C(C)C. The van der Waals surface area contributed by atoms with Crippen molar-refractivity contribution in [3.05, 3.63) is 39.7 Å². The van der Waals surface area contributed by atoms with E-state index in [9.17, 15) is 24.1 Å². The lowest BCUT2D eigenvalue weighted by atomic mass is 10.0. The van der Waals surface area contributed by atoms with Crippen LogP contribution in [-0.4, -0.2) is 23.0 Å². The van der Waals surface area contributed by atoms with Gasteiger partial charge < -0.3 is 9.47 Å². The van der Waals surface area contributed by atoms with Crippen molar-refractivity contribution in [2.75, 3.05) is 0 Å². The van der Waals surface area contributed by atoms with Gasteiger partial charge in [-0.3, -0.25) is 19.7 Å². The zero-order chi connectivity index (χ0) is 19.7. The van der Waals surface area contributed by atoms with Crippen molar-refractivity contribution in [3.8, 4) is 0 Å². The maximum atomic E-state index is 13.2. The summed E-state index contributed by atoms with van der Waals surface area (Å²) in [7, 11) is 0. The molecule has 0 aliphatic heterocycles. The fourth-order valence-electron chi connectivity index (χ4n) is 2.27. The fourth-order valence-corrected chi connectivity index (χ4v) is 2.27. The molecule has 1 atom stereocenters. The standard InChI is InChI=1S/C18H24FNO6/c1-4-5-16(12(2)3)26-18(22)9-8-17(21)25-11-13-6-7-14(19)15(10-13)20(23)24/h6-7,10,12,16H,4-5,8-9,11H2,1-3H3. The number of carbonyl (C=O) groups is 2. The monoisotopic (exact) mass is 369 g/mol. The van der Waals surface area contributed by atoms with Crippen LogP contribution in [0, 0.1) is 21.8 Å². The first kappa shape index (κ1) is 21.5. The van der Waals surface area contributed by atoms with E-state index in [4.69, 9.17) is 9.47 Å². The summed E-state index contributed by atoms with van der Waals surface area (Å²) in [6, 6.07) is 3.25. The zero-order valence-electron chi connectivity index (χ0n) is 15.2. The first-order valence-corrected chi connectivity index (χ1v) is 8.52. The van der Waals surface area contributed by atoms with E-state index in [2.05, 4.69) is 0 Å². The predicted octanol–water partition coefficient (Wildman–Crippen LogP) is 3.93. The van der Waals surface area contributed by atoms with Crippen molar-refractivity contribution >= 4 is 17.6 Å². The molecule has 0 aliphatic carbocycles. The van der Waals surface area contributed by atoms with Crippen LogP contribution in [0.4, 0.5) is 10.1 Å². The minimum Gasteiger partial charge on any atom is -0.462 e. The van der Waals surface area contributed by atoms with Crippen molar-refractivity contribution in [2.24, 2.45) is 5.92 Å². The van der Waals surface area contributed by atoms with Crippen LogP contribution in [0.3, 0.4) is 0 Å². The Balaban J connectivity index is 2.44. The lowest BCUT2D eigenvalue weighted by Crippen LogP contribution is -2.24. The third-order valence-electron chi connectivity index (χ3n) is 3.74. The van der Waals surface area contributed by atoms with Crippen molar-refractivity contribution in [1.29, 1.82) is 0 Å². The number of ether oxygens (including phenoxy) is 2. The first-order valence-electron chi connectivity index (χ1n) is 8.52. The Hall–Kier alpha value is -2.51. The van der Waals surface area contributed by atoms with Crippen LogP contribution in [0.5, 0.6) is 0 Å². The number of nitro benzene ring substituents is 1. The number of esters is 2. The molecule has 144 valence electrons. The molecule has 0 fully saturated rings. The maximum Gasteiger partial charge on any atom is 0.306 e. The summed E-state index contributed by atoms with van der Waals surface area (Å²) in [6.45, 7) is 5.69.